The number of piperazine rings is 1. The van der Waals surface area contributed by atoms with Gasteiger partial charge in [0.05, 0.1) is 11.9 Å². The van der Waals surface area contributed by atoms with Crippen molar-refractivity contribution in [1.29, 1.82) is 0 Å². The van der Waals surface area contributed by atoms with Crippen molar-refractivity contribution in [1.82, 2.24) is 9.88 Å². The van der Waals surface area contributed by atoms with Crippen LogP contribution in [0.2, 0.25) is 0 Å². The normalized spacial score (nSPS) is 15.2. The van der Waals surface area contributed by atoms with Gasteiger partial charge in [-0.1, -0.05) is 0 Å². The molecule has 7 heteroatoms. The van der Waals surface area contributed by atoms with Gasteiger partial charge in [-0.25, -0.2) is 14.2 Å². The number of nitrogens with one attached hydrogen (secondary N) is 2. The van der Waals surface area contributed by atoms with Crippen LogP contribution in [0.15, 0.2) is 42.6 Å². The first-order valence-electron chi connectivity index (χ1n) is 8.80. The van der Waals surface area contributed by atoms with Gasteiger partial charge in [-0.3, -0.25) is 4.90 Å². The number of hydrogen-bond acceptors (Lipinski definition) is 4. The van der Waals surface area contributed by atoms with Crippen molar-refractivity contribution < 1.29 is 9.18 Å². The average Bonchev–Trinajstić information content (AvgIpc) is 2.64. The van der Waals surface area contributed by atoms with Crippen molar-refractivity contribution in [2.45, 2.75) is 19.9 Å². The first-order valence-corrected chi connectivity index (χ1v) is 8.80. The maximum absolute atomic E-state index is 12.9. The number of nitrogens with zero attached hydrogens (tertiary/aromatic N) is 3. The molecule has 0 saturated carbocycles. The van der Waals surface area contributed by atoms with Gasteiger partial charge in [0, 0.05) is 37.9 Å². The van der Waals surface area contributed by atoms with E-state index in [-0.39, 0.29) is 5.82 Å². The molecule has 0 unspecified atom stereocenters. The number of benzene rings is 1. The first-order chi connectivity index (χ1) is 12.5. The van der Waals surface area contributed by atoms with E-state index in [1.165, 1.54) is 24.3 Å². The second-order valence-corrected chi connectivity index (χ2v) is 6.61. The fourth-order valence-electron chi connectivity index (χ4n) is 2.94. The predicted molar refractivity (Wildman–Crippen MR) is 102 cm³/mol. The molecule has 1 saturated heterocycles. The van der Waals surface area contributed by atoms with E-state index < -0.39 is 6.03 Å². The summed E-state index contributed by atoms with van der Waals surface area (Å²) in [5, 5.41) is 5.37. The van der Waals surface area contributed by atoms with Crippen LogP contribution in [0.3, 0.4) is 0 Å². The number of rotatable bonds is 4. The Morgan fingerprint density at radius 3 is 2.19 bits per heavy atom. The molecule has 1 aromatic heterocycles. The molecule has 2 N–H and O–H groups in total. The number of anilines is 3. The monoisotopic (exact) mass is 357 g/mol. The summed E-state index contributed by atoms with van der Waals surface area (Å²) in [7, 11) is 0. The zero-order chi connectivity index (χ0) is 18.5. The largest absolute Gasteiger partial charge is 0.354 e. The Morgan fingerprint density at radius 1 is 1.00 bits per heavy atom. The summed E-state index contributed by atoms with van der Waals surface area (Å²) in [5.74, 6) is 0.572. The lowest BCUT2D eigenvalue weighted by Gasteiger charge is -2.37. The molecule has 0 radical (unpaired) electrons. The molecular weight excluding hydrogens is 333 g/mol. The quantitative estimate of drug-likeness (QED) is 0.880. The molecule has 2 aromatic rings. The third-order valence-electron chi connectivity index (χ3n) is 4.48. The fourth-order valence-corrected chi connectivity index (χ4v) is 2.94. The number of carbonyl (C=O) groups excluding carboxylic acids is 1. The SMILES string of the molecule is CC(C)N1CCN(c2ccc(NC(=O)Nc3ccc(F)cc3)cn2)CC1. The topological polar surface area (TPSA) is 60.5 Å². The lowest BCUT2D eigenvalue weighted by atomic mass is 10.2. The highest BCUT2D eigenvalue weighted by Gasteiger charge is 2.19. The lowest BCUT2D eigenvalue weighted by molar-refractivity contribution is 0.209. The van der Waals surface area contributed by atoms with Crippen LogP contribution in [0, 0.1) is 5.82 Å². The van der Waals surface area contributed by atoms with Crippen molar-refractivity contribution in [3.8, 4) is 0 Å². The molecule has 0 atom stereocenters. The van der Waals surface area contributed by atoms with Crippen LogP contribution in [0.25, 0.3) is 0 Å². The minimum absolute atomic E-state index is 0.343. The highest BCUT2D eigenvalue weighted by molar-refractivity contribution is 5.99. The van der Waals surface area contributed by atoms with Gasteiger partial charge < -0.3 is 15.5 Å². The van der Waals surface area contributed by atoms with E-state index in [4.69, 9.17) is 0 Å². The molecule has 6 nitrogen and oxygen atoms in total. The molecule has 26 heavy (non-hydrogen) atoms. The van der Waals surface area contributed by atoms with Gasteiger partial charge in [-0.15, -0.1) is 0 Å². The molecule has 1 aliphatic rings. The number of carbonyl (C=O) groups is 1. The highest BCUT2D eigenvalue weighted by Crippen LogP contribution is 2.17. The molecule has 1 aliphatic heterocycles. The van der Waals surface area contributed by atoms with E-state index in [1.54, 1.807) is 6.20 Å². The number of hydrogen-bond donors (Lipinski definition) is 2. The van der Waals surface area contributed by atoms with Crippen LogP contribution < -0.4 is 15.5 Å². The Kier molecular flexibility index (Phi) is 5.68. The number of urea groups is 1. The van der Waals surface area contributed by atoms with Crippen molar-refractivity contribution in [3.05, 3.63) is 48.4 Å². The molecule has 2 amide bonds. The molecule has 2 heterocycles. The second-order valence-electron chi connectivity index (χ2n) is 6.61. The van der Waals surface area contributed by atoms with Crippen molar-refractivity contribution in [2.75, 3.05) is 41.7 Å². The van der Waals surface area contributed by atoms with Gasteiger partial charge in [-0.05, 0) is 50.2 Å². The predicted octanol–water partition coefficient (Wildman–Crippen LogP) is 3.40. The Balaban J connectivity index is 1.53. The van der Waals surface area contributed by atoms with Gasteiger partial charge in [0.2, 0.25) is 0 Å². The van der Waals surface area contributed by atoms with Crippen molar-refractivity contribution >= 4 is 23.2 Å². The Hall–Kier alpha value is -2.67. The lowest BCUT2D eigenvalue weighted by Crippen LogP contribution is -2.49. The van der Waals surface area contributed by atoms with Gasteiger partial charge >= 0.3 is 6.03 Å². The Morgan fingerprint density at radius 2 is 1.62 bits per heavy atom. The van der Waals surface area contributed by atoms with E-state index in [2.05, 4.69) is 39.3 Å². The van der Waals surface area contributed by atoms with Crippen LogP contribution in [-0.2, 0) is 0 Å². The second kappa shape index (κ2) is 8.14. The van der Waals surface area contributed by atoms with Crippen LogP contribution in [-0.4, -0.2) is 48.1 Å². The average molecular weight is 357 g/mol. The molecule has 138 valence electrons. The third-order valence-corrected chi connectivity index (χ3v) is 4.48. The molecular formula is C19H24FN5O. The van der Waals surface area contributed by atoms with Crippen molar-refractivity contribution in [2.24, 2.45) is 0 Å². The summed E-state index contributed by atoms with van der Waals surface area (Å²) in [6.07, 6.45) is 1.65. The number of halogens is 1. The smallest absolute Gasteiger partial charge is 0.323 e. The Bertz CT molecular complexity index is 725. The minimum atomic E-state index is -0.392. The zero-order valence-electron chi connectivity index (χ0n) is 15.1. The number of pyridine rings is 1. The molecule has 3 rings (SSSR count). The maximum atomic E-state index is 12.9. The van der Waals surface area contributed by atoms with Crippen molar-refractivity contribution in [3.63, 3.8) is 0 Å². The van der Waals surface area contributed by atoms with Crippen LogP contribution in [0.4, 0.5) is 26.4 Å². The highest BCUT2D eigenvalue weighted by atomic mass is 19.1. The minimum Gasteiger partial charge on any atom is -0.354 e. The molecule has 1 fully saturated rings. The molecule has 0 aliphatic carbocycles. The van der Waals surface area contributed by atoms with E-state index in [0.29, 0.717) is 17.4 Å². The van der Waals surface area contributed by atoms with E-state index in [9.17, 15) is 9.18 Å². The summed E-state index contributed by atoms with van der Waals surface area (Å²) in [6, 6.07) is 9.53. The number of aromatic nitrogens is 1. The zero-order valence-corrected chi connectivity index (χ0v) is 15.1. The summed E-state index contributed by atoms with van der Waals surface area (Å²) >= 11 is 0. The van der Waals surface area contributed by atoms with Crippen LogP contribution in [0.5, 0.6) is 0 Å². The Labute approximate surface area is 153 Å². The van der Waals surface area contributed by atoms with Gasteiger partial charge in [0.1, 0.15) is 11.6 Å². The van der Waals surface area contributed by atoms with Gasteiger partial charge in [0.15, 0.2) is 0 Å². The maximum Gasteiger partial charge on any atom is 0.323 e. The fraction of sp³-hybridized carbons (Fsp3) is 0.368. The number of amides is 2. The van der Waals surface area contributed by atoms with E-state index in [1.807, 2.05) is 12.1 Å². The molecule has 0 bridgehead atoms. The summed E-state index contributed by atoms with van der Waals surface area (Å²) in [6.45, 7) is 8.38. The van der Waals surface area contributed by atoms with Crippen LogP contribution >= 0.6 is 0 Å². The van der Waals surface area contributed by atoms with E-state index in [0.717, 1.165) is 32.0 Å². The van der Waals surface area contributed by atoms with Gasteiger partial charge in [-0.2, -0.15) is 0 Å². The third kappa shape index (κ3) is 4.70. The molecule has 1 aromatic carbocycles. The van der Waals surface area contributed by atoms with E-state index >= 15 is 0 Å². The molecule has 0 spiro atoms. The summed E-state index contributed by atoms with van der Waals surface area (Å²) in [4.78, 5) is 21.2. The van der Waals surface area contributed by atoms with Gasteiger partial charge in [0.25, 0.3) is 0 Å². The first kappa shape index (κ1) is 18.1. The van der Waals surface area contributed by atoms with Crippen LogP contribution in [0.1, 0.15) is 13.8 Å². The standard InChI is InChI=1S/C19H24FN5O/c1-14(2)24-9-11-25(12-10-24)18-8-7-17(13-21-18)23-19(26)22-16-5-3-15(20)4-6-16/h3-8,13-14H,9-12H2,1-2H3,(H2,22,23,26). The summed E-state index contributed by atoms with van der Waals surface area (Å²) < 4.78 is 12.9. The summed E-state index contributed by atoms with van der Waals surface area (Å²) in [5.41, 5.74) is 1.13.